The summed E-state index contributed by atoms with van der Waals surface area (Å²) in [4.78, 5) is 9.83. The zero-order valence-electron chi connectivity index (χ0n) is 7.19. The third-order valence-electron chi connectivity index (χ3n) is 1.34. The Hall–Kier alpha value is -2.24. The normalized spacial score (nSPS) is 8.57. The molecule has 0 saturated carbocycles. The first-order valence-corrected chi connectivity index (χ1v) is 3.74. The fourth-order valence-corrected chi connectivity index (χ4v) is 0.847. The van der Waals surface area contributed by atoms with Crippen molar-refractivity contribution in [3.05, 3.63) is 36.7 Å². The van der Waals surface area contributed by atoms with Crippen LogP contribution in [0.4, 0.5) is 0 Å². The zero-order valence-corrected chi connectivity index (χ0v) is 7.19. The molecule has 1 heterocycles. The maximum absolute atomic E-state index is 8.36. The molecule has 0 atom stereocenters. The summed E-state index contributed by atoms with van der Waals surface area (Å²) in [6.07, 6.45) is 1.41. The van der Waals surface area contributed by atoms with E-state index in [0.717, 1.165) is 5.69 Å². The molecule has 2 rings (SSSR count). The standard InChI is InChI=1S/C7H6N4.CH2O2/c1-2-4-7(5-3-1)11-9-6-8-10-11;2-1-3/h1-6H;1H,(H,2,3). The van der Waals surface area contributed by atoms with Gasteiger partial charge in [0.05, 0.1) is 5.69 Å². The van der Waals surface area contributed by atoms with Crippen molar-refractivity contribution in [2.24, 2.45) is 0 Å². The number of nitrogens with zero attached hydrogens (tertiary/aromatic N) is 4. The molecule has 0 bridgehead atoms. The maximum Gasteiger partial charge on any atom is 0.290 e. The van der Waals surface area contributed by atoms with Crippen LogP contribution in [-0.4, -0.2) is 31.8 Å². The molecule has 0 spiro atoms. The van der Waals surface area contributed by atoms with E-state index in [0.29, 0.717) is 0 Å². The van der Waals surface area contributed by atoms with Crippen LogP contribution < -0.4 is 0 Å². The SMILES string of the molecule is O=CO.c1ccc(-n2ncnn2)cc1. The van der Waals surface area contributed by atoms with Crippen molar-refractivity contribution < 1.29 is 9.90 Å². The smallest absolute Gasteiger partial charge is 0.290 e. The summed E-state index contributed by atoms with van der Waals surface area (Å²) in [7, 11) is 0. The van der Waals surface area contributed by atoms with Crippen molar-refractivity contribution in [1.29, 1.82) is 0 Å². The van der Waals surface area contributed by atoms with Gasteiger partial charge in [-0.25, -0.2) is 0 Å². The first-order valence-electron chi connectivity index (χ1n) is 3.74. The van der Waals surface area contributed by atoms with E-state index in [9.17, 15) is 0 Å². The van der Waals surface area contributed by atoms with Gasteiger partial charge in [0, 0.05) is 0 Å². The summed E-state index contributed by atoms with van der Waals surface area (Å²) in [5.74, 6) is 0. The zero-order chi connectivity index (χ0) is 10.2. The summed E-state index contributed by atoms with van der Waals surface area (Å²) < 4.78 is 0. The van der Waals surface area contributed by atoms with Crippen LogP contribution in [0.1, 0.15) is 0 Å². The molecule has 14 heavy (non-hydrogen) atoms. The van der Waals surface area contributed by atoms with E-state index >= 15 is 0 Å². The van der Waals surface area contributed by atoms with Crippen molar-refractivity contribution in [2.45, 2.75) is 0 Å². The quantitative estimate of drug-likeness (QED) is 0.660. The van der Waals surface area contributed by atoms with Crippen molar-refractivity contribution in [3.63, 3.8) is 0 Å². The molecule has 0 saturated heterocycles. The number of benzene rings is 1. The minimum Gasteiger partial charge on any atom is -0.483 e. The van der Waals surface area contributed by atoms with Gasteiger partial charge in [0.15, 0.2) is 6.33 Å². The number of hydrogen-bond acceptors (Lipinski definition) is 4. The van der Waals surface area contributed by atoms with E-state index in [-0.39, 0.29) is 6.47 Å². The monoisotopic (exact) mass is 192 g/mol. The highest BCUT2D eigenvalue weighted by Gasteiger charge is 1.93. The highest BCUT2D eigenvalue weighted by atomic mass is 16.3. The van der Waals surface area contributed by atoms with Crippen LogP contribution in [-0.2, 0) is 4.79 Å². The second-order valence-corrected chi connectivity index (χ2v) is 2.17. The largest absolute Gasteiger partial charge is 0.483 e. The van der Waals surface area contributed by atoms with Gasteiger partial charge in [-0.1, -0.05) is 18.2 Å². The molecule has 0 aliphatic rings. The summed E-state index contributed by atoms with van der Waals surface area (Å²) in [6, 6.07) is 9.64. The van der Waals surface area contributed by atoms with Crippen LogP contribution in [0, 0.1) is 0 Å². The van der Waals surface area contributed by atoms with Gasteiger partial charge in [-0.2, -0.15) is 0 Å². The van der Waals surface area contributed by atoms with Gasteiger partial charge in [0.2, 0.25) is 0 Å². The second kappa shape index (κ2) is 5.41. The Bertz CT molecular complexity index is 360. The highest BCUT2D eigenvalue weighted by Crippen LogP contribution is 2.00. The molecular formula is C8H8N4O2. The van der Waals surface area contributed by atoms with Crippen molar-refractivity contribution >= 4 is 6.47 Å². The van der Waals surface area contributed by atoms with Crippen LogP contribution in [0.2, 0.25) is 0 Å². The lowest BCUT2D eigenvalue weighted by molar-refractivity contribution is -0.122. The summed E-state index contributed by atoms with van der Waals surface area (Å²) in [5, 5.41) is 18.1. The highest BCUT2D eigenvalue weighted by molar-refractivity contribution is 5.32. The Morgan fingerprint density at radius 1 is 1.29 bits per heavy atom. The third-order valence-corrected chi connectivity index (χ3v) is 1.34. The molecule has 0 unspecified atom stereocenters. The van der Waals surface area contributed by atoms with Gasteiger partial charge in [-0.05, 0) is 17.3 Å². The Labute approximate surface area is 79.8 Å². The minimum atomic E-state index is -0.250. The van der Waals surface area contributed by atoms with Gasteiger partial charge in [0.1, 0.15) is 0 Å². The van der Waals surface area contributed by atoms with E-state index in [1.807, 2.05) is 30.3 Å². The predicted octanol–water partition coefficient (Wildman–Crippen LogP) is 0.363. The molecule has 1 N–H and O–H groups in total. The number of aromatic nitrogens is 4. The molecule has 72 valence electrons. The van der Waals surface area contributed by atoms with Gasteiger partial charge in [-0.3, -0.25) is 4.79 Å². The number of tetrazole rings is 1. The number of hydrogen-bond donors (Lipinski definition) is 1. The van der Waals surface area contributed by atoms with Gasteiger partial charge in [0.25, 0.3) is 6.47 Å². The van der Waals surface area contributed by atoms with E-state index < -0.39 is 0 Å². The molecule has 0 radical (unpaired) electrons. The van der Waals surface area contributed by atoms with Crippen molar-refractivity contribution in [3.8, 4) is 5.69 Å². The fraction of sp³-hybridized carbons (Fsp3) is 0. The molecule has 0 amide bonds. The second-order valence-electron chi connectivity index (χ2n) is 2.17. The molecule has 1 aromatic carbocycles. The van der Waals surface area contributed by atoms with Gasteiger partial charge < -0.3 is 5.11 Å². The van der Waals surface area contributed by atoms with Crippen LogP contribution >= 0.6 is 0 Å². The third kappa shape index (κ3) is 2.67. The molecule has 6 heteroatoms. The van der Waals surface area contributed by atoms with E-state index in [2.05, 4.69) is 15.4 Å². The van der Waals surface area contributed by atoms with Gasteiger partial charge in [-0.15, -0.1) is 15.0 Å². The fourth-order valence-electron chi connectivity index (χ4n) is 0.847. The molecule has 2 aromatic rings. The lowest BCUT2D eigenvalue weighted by Crippen LogP contribution is -1.97. The van der Waals surface area contributed by atoms with Crippen molar-refractivity contribution in [2.75, 3.05) is 0 Å². The summed E-state index contributed by atoms with van der Waals surface area (Å²) in [6.45, 7) is -0.250. The lowest BCUT2D eigenvalue weighted by atomic mass is 10.3. The number of carboxylic acid groups (broad SMARTS) is 1. The molecule has 6 nitrogen and oxygen atoms in total. The number of carbonyl (C=O) groups is 1. The van der Waals surface area contributed by atoms with Gasteiger partial charge >= 0.3 is 0 Å². The maximum atomic E-state index is 8.36. The minimum absolute atomic E-state index is 0.250. The first-order chi connectivity index (χ1) is 6.88. The number of para-hydroxylation sites is 1. The van der Waals surface area contributed by atoms with E-state index in [1.165, 1.54) is 11.1 Å². The molecular weight excluding hydrogens is 184 g/mol. The molecule has 0 fully saturated rings. The average Bonchev–Trinajstić information content (AvgIpc) is 2.73. The van der Waals surface area contributed by atoms with Crippen LogP contribution in [0.15, 0.2) is 36.7 Å². The van der Waals surface area contributed by atoms with E-state index in [4.69, 9.17) is 9.90 Å². The molecule has 0 aliphatic heterocycles. The Morgan fingerprint density at radius 2 is 1.93 bits per heavy atom. The van der Waals surface area contributed by atoms with Crippen LogP contribution in [0.5, 0.6) is 0 Å². The van der Waals surface area contributed by atoms with Crippen LogP contribution in [0.25, 0.3) is 5.69 Å². The predicted molar refractivity (Wildman–Crippen MR) is 47.8 cm³/mol. The van der Waals surface area contributed by atoms with Crippen molar-refractivity contribution in [1.82, 2.24) is 20.2 Å². The average molecular weight is 192 g/mol. The molecule has 1 aromatic heterocycles. The number of rotatable bonds is 1. The molecule has 0 aliphatic carbocycles. The first kappa shape index (κ1) is 9.85. The Balaban J connectivity index is 0.000000293. The Kier molecular flexibility index (Phi) is 3.81. The Morgan fingerprint density at radius 3 is 2.43 bits per heavy atom. The lowest BCUT2D eigenvalue weighted by Gasteiger charge is -1.94. The summed E-state index contributed by atoms with van der Waals surface area (Å²) in [5.41, 5.74) is 0.921. The topological polar surface area (TPSA) is 80.9 Å². The summed E-state index contributed by atoms with van der Waals surface area (Å²) >= 11 is 0. The van der Waals surface area contributed by atoms with Crippen LogP contribution in [0.3, 0.4) is 0 Å². The van der Waals surface area contributed by atoms with E-state index in [1.54, 1.807) is 0 Å².